The maximum absolute atomic E-state index is 13.3. The van der Waals surface area contributed by atoms with E-state index in [0.717, 1.165) is 6.54 Å². The zero-order valence-corrected chi connectivity index (χ0v) is 11.8. The number of carbonyl (C=O) groups is 1. The lowest BCUT2D eigenvalue weighted by Crippen LogP contribution is -2.34. The molecular formula is C14H21FN2O2. The Balaban J connectivity index is 2.96. The first-order valence-electron chi connectivity index (χ1n) is 6.40. The molecule has 0 saturated heterocycles. The Morgan fingerprint density at radius 1 is 1.42 bits per heavy atom. The molecule has 0 fully saturated rings. The van der Waals surface area contributed by atoms with Crippen molar-refractivity contribution in [2.45, 2.75) is 32.9 Å². The van der Waals surface area contributed by atoms with Crippen molar-refractivity contribution in [3.8, 4) is 5.75 Å². The zero-order valence-electron chi connectivity index (χ0n) is 11.8. The van der Waals surface area contributed by atoms with Crippen molar-refractivity contribution < 1.29 is 13.9 Å². The number of nitrogens with one attached hydrogen (secondary N) is 2. The second-order valence-corrected chi connectivity index (χ2v) is 4.34. The highest BCUT2D eigenvalue weighted by Crippen LogP contribution is 2.27. The Kier molecular flexibility index (Phi) is 5.76. The minimum Gasteiger partial charge on any atom is -0.481 e. The Hall–Kier alpha value is -1.62. The van der Waals surface area contributed by atoms with Crippen LogP contribution < -0.4 is 15.4 Å². The van der Waals surface area contributed by atoms with Crippen LogP contribution in [-0.4, -0.2) is 25.6 Å². The van der Waals surface area contributed by atoms with Crippen molar-refractivity contribution >= 4 is 5.91 Å². The van der Waals surface area contributed by atoms with Crippen molar-refractivity contribution in [1.29, 1.82) is 0 Å². The Labute approximate surface area is 113 Å². The summed E-state index contributed by atoms with van der Waals surface area (Å²) in [7, 11) is 1.55. The molecule has 1 amide bonds. The van der Waals surface area contributed by atoms with Crippen LogP contribution in [0.3, 0.4) is 0 Å². The summed E-state index contributed by atoms with van der Waals surface area (Å²) < 4.78 is 18.9. The molecule has 2 unspecified atom stereocenters. The van der Waals surface area contributed by atoms with Crippen LogP contribution in [0.1, 0.15) is 32.4 Å². The number of hydrogen-bond donors (Lipinski definition) is 2. The fourth-order valence-electron chi connectivity index (χ4n) is 1.83. The van der Waals surface area contributed by atoms with E-state index in [0.29, 0.717) is 11.3 Å². The molecule has 0 aliphatic heterocycles. The predicted octanol–water partition coefficient (Wildman–Crippen LogP) is 2.01. The highest BCUT2D eigenvalue weighted by atomic mass is 19.1. The van der Waals surface area contributed by atoms with Gasteiger partial charge in [-0.05, 0) is 38.6 Å². The van der Waals surface area contributed by atoms with E-state index < -0.39 is 6.10 Å². The highest BCUT2D eigenvalue weighted by Gasteiger charge is 2.17. The van der Waals surface area contributed by atoms with Gasteiger partial charge in [0.1, 0.15) is 11.6 Å². The van der Waals surface area contributed by atoms with Crippen molar-refractivity contribution in [2.75, 3.05) is 13.6 Å². The topological polar surface area (TPSA) is 50.4 Å². The van der Waals surface area contributed by atoms with Crippen LogP contribution in [0.4, 0.5) is 4.39 Å². The minimum atomic E-state index is -0.622. The van der Waals surface area contributed by atoms with Gasteiger partial charge in [0.2, 0.25) is 0 Å². The molecule has 19 heavy (non-hydrogen) atoms. The van der Waals surface area contributed by atoms with Gasteiger partial charge >= 0.3 is 0 Å². The molecule has 1 aromatic rings. The van der Waals surface area contributed by atoms with Gasteiger partial charge in [-0.2, -0.15) is 0 Å². The summed E-state index contributed by atoms with van der Waals surface area (Å²) in [4.78, 5) is 11.5. The summed E-state index contributed by atoms with van der Waals surface area (Å²) in [6, 6.07) is 4.26. The second-order valence-electron chi connectivity index (χ2n) is 4.34. The largest absolute Gasteiger partial charge is 0.481 e. The van der Waals surface area contributed by atoms with Crippen molar-refractivity contribution in [2.24, 2.45) is 0 Å². The number of carbonyl (C=O) groups excluding carboxylic acids is 1. The van der Waals surface area contributed by atoms with Crippen LogP contribution in [0, 0.1) is 5.82 Å². The van der Waals surface area contributed by atoms with Gasteiger partial charge in [-0.25, -0.2) is 4.39 Å². The fraction of sp³-hybridized carbons (Fsp3) is 0.500. The minimum absolute atomic E-state index is 0.0485. The zero-order chi connectivity index (χ0) is 14.4. The van der Waals surface area contributed by atoms with Crippen LogP contribution in [0.15, 0.2) is 18.2 Å². The maximum Gasteiger partial charge on any atom is 0.260 e. The lowest BCUT2D eigenvalue weighted by atomic mass is 10.1. The van der Waals surface area contributed by atoms with E-state index in [2.05, 4.69) is 10.6 Å². The molecule has 5 heteroatoms. The first-order chi connectivity index (χ1) is 8.99. The van der Waals surface area contributed by atoms with Gasteiger partial charge in [0.15, 0.2) is 6.10 Å². The summed E-state index contributed by atoms with van der Waals surface area (Å²) in [6.07, 6.45) is -0.622. The van der Waals surface area contributed by atoms with E-state index in [-0.39, 0.29) is 17.8 Å². The lowest BCUT2D eigenvalue weighted by molar-refractivity contribution is -0.126. The molecule has 1 rings (SSSR count). The van der Waals surface area contributed by atoms with Gasteiger partial charge in [-0.1, -0.05) is 6.92 Å². The van der Waals surface area contributed by atoms with Gasteiger partial charge in [0.05, 0.1) is 0 Å². The molecular weight excluding hydrogens is 247 g/mol. The number of amides is 1. The monoisotopic (exact) mass is 268 g/mol. The van der Waals surface area contributed by atoms with Crippen LogP contribution in [0.25, 0.3) is 0 Å². The Morgan fingerprint density at radius 3 is 2.68 bits per heavy atom. The van der Waals surface area contributed by atoms with E-state index in [1.165, 1.54) is 12.1 Å². The van der Waals surface area contributed by atoms with E-state index in [1.807, 2.05) is 13.8 Å². The Morgan fingerprint density at radius 2 is 2.11 bits per heavy atom. The molecule has 2 N–H and O–H groups in total. The second kappa shape index (κ2) is 7.09. The molecule has 4 nitrogen and oxygen atoms in total. The summed E-state index contributed by atoms with van der Waals surface area (Å²) in [6.45, 7) is 6.32. The van der Waals surface area contributed by atoms with E-state index in [4.69, 9.17) is 4.74 Å². The normalized spacial score (nSPS) is 13.7. The molecule has 0 aromatic heterocycles. The van der Waals surface area contributed by atoms with Gasteiger partial charge in [-0.3, -0.25) is 4.79 Å². The van der Waals surface area contributed by atoms with Crippen LogP contribution in [0.5, 0.6) is 5.75 Å². The quantitative estimate of drug-likeness (QED) is 0.829. The van der Waals surface area contributed by atoms with Crippen molar-refractivity contribution in [1.82, 2.24) is 10.6 Å². The van der Waals surface area contributed by atoms with Crippen LogP contribution in [0.2, 0.25) is 0 Å². The highest BCUT2D eigenvalue weighted by molar-refractivity contribution is 5.80. The number of rotatable bonds is 6. The third-order valence-corrected chi connectivity index (χ3v) is 2.87. The van der Waals surface area contributed by atoms with Gasteiger partial charge < -0.3 is 15.4 Å². The third kappa shape index (κ3) is 4.21. The molecule has 0 aliphatic carbocycles. The Bertz CT molecular complexity index is 437. The summed E-state index contributed by atoms with van der Waals surface area (Å²) >= 11 is 0. The van der Waals surface area contributed by atoms with E-state index in [9.17, 15) is 9.18 Å². The van der Waals surface area contributed by atoms with Gasteiger partial charge in [-0.15, -0.1) is 0 Å². The van der Waals surface area contributed by atoms with Gasteiger partial charge in [0, 0.05) is 18.7 Å². The van der Waals surface area contributed by atoms with E-state index in [1.54, 1.807) is 20.0 Å². The number of ether oxygens (including phenoxy) is 1. The van der Waals surface area contributed by atoms with Crippen molar-refractivity contribution in [3.63, 3.8) is 0 Å². The summed E-state index contributed by atoms with van der Waals surface area (Å²) in [5.41, 5.74) is 0.706. The molecule has 0 heterocycles. The molecule has 0 radical (unpaired) electrons. The van der Waals surface area contributed by atoms with E-state index >= 15 is 0 Å². The number of hydrogen-bond acceptors (Lipinski definition) is 3. The molecule has 0 bridgehead atoms. The smallest absolute Gasteiger partial charge is 0.260 e. The maximum atomic E-state index is 13.3. The lowest BCUT2D eigenvalue weighted by Gasteiger charge is -2.20. The molecule has 2 atom stereocenters. The fourth-order valence-corrected chi connectivity index (χ4v) is 1.83. The third-order valence-electron chi connectivity index (χ3n) is 2.87. The molecule has 1 aromatic carbocycles. The molecule has 0 spiro atoms. The summed E-state index contributed by atoms with van der Waals surface area (Å²) in [5.74, 6) is -0.0166. The first-order valence-corrected chi connectivity index (χ1v) is 6.40. The average Bonchev–Trinajstić information content (AvgIpc) is 2.39. The van der Waals surface area contributed by atoms with Crippen LogP contribution >= 0.6 is 0 Å². The standard InChI is InChI=1S/C14H21FN2O2/c1-5-17-9(2)12-8-11(15)6-7-13(12)19-10(3)14(18)16-4/h6-10,17H,5H2,1-4H3,(H,16,18). The molecule has 0 aliphatic rings. The predicted molar refractivity (Wildman–Crippen MR) is 72.6 cm³/mol. The molecule has 0 saturated carbocycles. The average molecular weight is 268 g/mol. The van der Waals surface area contributed by atoms with Gasteiger partial charge in [0.25, 0.3) is 5.91 Å². The van der Waals surface area contributed by atoms with Crippen molar-refractivity contribution in [3.05, 3.63) is 29.6 Å². The first kappa shape index (κ1) is 15.4. The number of likely N-dealkylation sites (N-methyl/N-ethyl adjacent to an activating group) is 1. The summed E-state index contributed by atoms with van der Waals surface area (Å²) in [5, 5.41) is 5.72. The van der Waals surface area contributed by atoms with Crippen LogP contribution in [-0.2, 0) is 4.79 Å². The molecule has 106 valence electrons. The number of benzene rings is 1. The SMILES string of the molecule is CCNC(C)c1cc(F)ccc1OC(C)C(=O)NC. The number of halogens is 1.